The molecule has 1 aromatic carbocycles. The van der Waals surface area contributed by atoms with Gasteiger partial charge in [-0.05, 0) is 55.8 Å². The van der Waals surface area contributed by atoms with E-state index in [1.165, 1.54) is 23.5 Å². The average molecular weight is 461 g/mol. The van der Waals surface area contributed by atoms with Crippen molar-refractivity contribution in [3.05, 3.63) is 51.2 Å². The molecule has 0 saturated carbocycles. The lowest BCUT2D eigenvalue weighted by atomic mass is 10.1. The third kappa shape index (κ3) is 6.80. The second-order valence-electron chi connectivity index (χ2n) is 6.89. The summed E-state index contributed by atoms with van der Waals surface area (Å²) < 4.78 is 41.1. The maximum Gasteiger partial charge on any atom is 0.573 e. The molecule has 1 N–H and O–H groups in total. The van der Waals surface area contributed by atoms with Crippen LogP contribution in [0.1, 0.15) is 29.4 Å². The largest absolute Gasteiger partial charge is 0.573 e. The number of aliphatic hydroxyl groups excluding tert-OH is 1. The zero-order valence-corrected chi connectivity index (χ0v) is 17.4. The van der Waals surface area contributed by atoms with E-state index >= 15 is 0 Å². The number of amides is 1. The van der Waals surface area contributed by atoms with Crippen LogP contribution in [0.15, 0.2) is 41.4 Å². The zero-order valence-electron chi connectivity index (χ0n) is 15.9. The molecule has 5 nitrogen and oxygen atoms in total. The van der Waals surface area contributed by atoms with Gasteiger partial charge in [-0.15, -0.1) is 24.5 Å². The Balaban J connectivity index is 1.71. The summed E-state index contributed by atoms with van der Waals surface area (Å²) in [6.07, 6.45) is -3.82. The molecule has 2 aromatic rings. The van der Waals surface area contributed by atoms with Gasteiger partial charge in [0.1, 0.15) is 11.9 Å². The van der Waals surface area contributed by atoms with Crippen LogP contribution in [0.3, 0.4) is 0 Å². The van der Waals surface area contributed by atoms with Crippen LogP contribution >= 0.6 is 22.9 Å². The van der Waals surface area contributed by atoms with Gasteiger partial charge in [0.25, 0.3) is 0 Å². The Bertz CT molecular complexity index is 893. The maximum absolute atomic E-state index is 12.5. The molecule has 1 fully saturated rings. The molecule has 162 valence electrons. The highest BCUT2D eigenvalue weighted by atomic mass is 35.5. The quantitative estimate of drug-likeness (QED) is 0.611. The number of hydrogen-bond donors (Lipinski definition) is 1. The molecule has 3 rings (SSSR count). The van der Waals surface area contributed by atoms with Gasteiger partial charge in [-0.2, -0.15) is 0 Å². The van der Waals surface area contributed by atoms with Gasteiger partial charge in [0.05, 0.1) is 16.5 Å². The van der Waals surface area contributed by atoms with E-state index in [1.807, 2.05) is 0 Å². The van der Waals surface area contributed by atoms with Gasteiger partial charge in [-0.1, -0.05) is 23.7 Å². The second kappa shape index (κ2) is 9.91. The van der Waals surface area contributed by atoms with Crippen molar-refractivity contribution in [3.8, 4) is 5.75 Å². The highest BCUT2D eigenvalue weighted by molar-refractivity contribution is 7.16. The lowest BCUT2D eigenvalue weighted by molar-refractivity contribution is -0.274. The lowest BCUT2D eigenvalue weighted by Crippen LogP contribution is -2.31. The van der Waals surface area contributed by atoms with E-state index in [2.05, 4.69) is 14.6 Å². The van der Waals surface area contributed by atoms with Crippen LogP contribution in [0.25, 0.3) is 0 Å². The summed E-state index contributed by atoms with van der Waals surface area (Å²) in [6.45, 7) is 2.10. The molecule has 0 radical (unpaired) electrons. The van der Waals surface area contributed by atoms with Crippen LogP contribution < -0.4 is 4.74 Å². The zero-order chi connectivity index (χ0) is 21.7. The van der Waals surface area contributed by atoms with Gasteiger partial charge in [-0.3, -0.25) is 9.69 Å². The Labute approximate surface area is 180 Å². The molecule has 10 heteroatoms. The number of rotatable bonds is 7. The molecule has 1 aliphatic rings. The van der Waals surface area contributed by atoms with Gasteiger partial charge < -0.3 is 9.84 Å². The first-order chi connectivity index (χ1) is 14.2. The van der Waals surface area contributed by atoms with Crippen LogP contribution in [-0.4, -0.2) is 47.6 Å². The van der Waals surface area contributed by atoms with Gasteiger partial charge >= 0.3 is 6.36 Å². The standard InChI is InChI=1S/C20H20ClF3N2O3S/c21-17-8-7-16(30-17)19(28)15(12-26-9-1-2-10-26)25-18(27)11-13-3-5-14(6-4-13)29-20(22,23)24/h3-8,19,28H,1-2,9-12H2/t19-/m0/s1. The van der Waals surface area contributed by atoms with Gasteiger partial charge in [0.15, 0.2) is 0 Å². The summed E-state index contributed by atoms with van der Waals surface area (Å²) >= 11 is 7.17. The van der Waals surface area contributed by atoms with E-state index in [-0.39, 0.29) is 12.2 Å². The summed E-state index contributed by atoms with van der Waals surface area (Å²) in [7, 11) is 0. The van der Waals surface area contributed by atoms with Crippen molar-refractivity contribution in [3.63, 3.8) is 0 Å². The minimum atomic E-state index is -4.77. The van der Waals surface area contributed by atoms with Gasteiger partial charge in [0, 0.05) is 11.4 Å². The lowest BCUT2D eigenvalue weighted by Gasteiger charge is -2.19. The SMILES string of the molecule is O=C(Cc1ccc(OC(F)(F)F)cc1)N=C(CN1CCCC1)[C@H](O)c1ccc(Cl)s1. The molecule has 0 bridgehead atoms. The first kappa shape index (κ1) is 22.7. The summed E-state index contributed by atoms with van der Waals surface area (Å²) in [5, 5.41) is 10.7. The number of hydrogen-bond acceptors (Lipinski definition) is 5. The Morgan fingerprint density at radius 2 is 1.87 bits per heavy atom. The van der Waals surface area contributed by atoms with E-state index in [0.29, 0.717) is 27.0 Å². The van der Waals surface area contributed by atoms with Gasteiger partial charge in [-0.25, -0.2) is 4.99 Å². The average Bonchev–Trinajstić information content (AvgIpc) is 3.33. The Kier molecular flexibility index (Phi) is 7.51. The fourth-order valence-corrected chi connectivity index (χ4v) is 4.25. The molecule has 1 atom stereocenters. The molecule has 1 saturated heterocycles. The fourth-order valence-electron chi connectivity index (χ4n) is 3.18. The van der Waals surface area contributed by atoms with Crippen molar-refractivity contribution in [2.24, 2.45) is 4.99 Å². The third-order valence-corrected chi connectivity index (χ3v) is 5.83. The summed E-state index contributed by atoms with van der Waals surface area (Å²) in [4.78, 5) is 19.4. The van der Waals surface area contributed by atoms with Crippen LogP contribution in [0, 0.1) is 0 Å². The van der Waals surface area contributed by atoms with Crippen LogP contribution in [0.4, 0.5) is 13.2 Å². The highest BCUT2D eigenvalue weighted by Crippen LogP contribution is 2.28. The molecule has 1 aromatic heterocycles. The summed E-state index contributed by atoms with van der Waals surface area (Å²) in [5.41, 5.74) is 0.824. The van der Waals surface area contributed by atoms with Crippen molar-refractivity contribution in [1.29, 1.82) is 0 Å². The van der Waals surface area contributed by atoms with E-state index in [0.717, 1.165) is 38.1 Å². The number of alkyl halides is 3. The number of carbonyl (C=O) groups is 1. The van der Waals surface area contributed by atoms with Crippen LogP contribution in [0.2, 0.25) is 4.34 Å². The number of halogens is 4. The predicted molar refractivity (Wildman–Crippen MR) is 109 cm³/mol. The molecule has 1 aliphatic heterocycles. The number of nitrogens with zero attached hydrogens (tertiary/aromatic N) is 2. The third-order valence-electron chi connectivity index (χ3n) is 4.54. The van der Waals surface area contributed by atoms with E-state index in [9.17, 15) is 23.1 Å². The monoisotopic (exact) mass is 460 g/mol. The van der Waals surface area contributed by atoms with Crippen LogP contribution in [-0.2, 0) is 11.2 Å². The van der Waals surface area contributed by atoms with E-state index < -0.39 is 18.4 Å². The fraction of sp³-hybridized carbons (Fsp3) is 0.400. The molecular weight excluding hydrogens is 441 g/mol. The number of aliphatic imine (C=N–C) groups is 1. The highest BCUT2D eigenvalue weighted by Gasteiger charge is 2.31. The summed E-state index contributed by atoms with van der Waals surface area (Å²) in [5.74, 6) is -0.850. The van der Waals surface area contributed by atoms with Crippen molar-refractivity contribution < 1.29 is 27.8 Å². The Morgan fingerprint density at radius 1 is 1.20 bits per heavy atom. The van der Waals surface area contributed by atoms with Crippen LogP contribution in [0.5, 0.6) is 5.75 Å². The molecule has 30 heavy (non-hydrogen) atoms. The number of benzene rings is 1. The van der Waals surface area contributed by atoms with Crippen molar-refractivity contribution in [2.75, 3.05) is 19.6 Å². The smallest absolute Gasteiger partial charge is 0.406 e. The Morgan fingerprint density at radius 3 is 2.43 bits per heavy atom. The summed E-state index contributed by atoms with van der Waals surface area (Å²) in [6, 6.07) is 8.42. The van der Waals surface area contributed by atoms with Crippen molar-refractivity contribution in [2.45, 2.75) is 31.7 Å². The number of ether oxygens (including phenoxy) is 1. The number of thiophene rings is 1. The van der Waals surface area contributed by atoms with E-state index in [4.69, 9.17) is 11.6 Å². The molecule has 1 amide bonds. The van der Waals surface area contributed by atoms with Gasteiger partial charge in [0.2, 0.25) is 5.91 Å². The van der Waals surface area contributed by atoms with E-state index in [1.54, 1.807) is 12.1 Å². The molecule has 2 heterocycles. The number of carbonyl (C=O) groups excluding carboxylic acids is 1. The topological polar surface area (TPSA) is 62.1 Å². The van der Waals surface area contributed by atoms with Crippen molar-refractivity contribution >= 4 is 34.6 Å². The minimum absolute atomic E-state index is 0.103. The molecule has 0 spiro atoms. The predicted octanol–water partition coefficient (Wildman–Crippen LogP) is 4.64. The second-order valence-corrected chi connectivity index (χ2v) is 8.64. The molecule has 0 aliphatic carbocycles. The first-order valence-electron chi connectivity index (χ1n) is 9.30. The van der Waals surface area contributed by atoms with Crippen molar-refractivity contribution in [1.82, 2.24) is 4.90 Å². The normalized spacial score (nSPS) is 16.6. The Hall–Kier alpha value is -1.94. The number of aliphatic hydroxyl groups is 1. The number of likely N-dealkylation sites (tertiary alicyclic amines) is 1. The molecule has 0 unspecified atom stereocenters. The minimum Gasteiger partial charge on any atom is -0.406 e. The maximum atomic E-state index is 12.5. The first-order valence-corrected chi connectivity index (χ1v) is 10.5. The molecular formula is C20H20ClF3N2O3S.